The first-order valence-electron chi connectivity index (χ1n) is 9.00. The molecule has 1 saturated heterocycles. The molecule has 3 aromatic heterocycles. The number of amides is 1. The molecule has 1 atom stereocenters. The smallest absolute Gasteiger partial charge is 0.262 e. The van der Waals surface area contributed by atoms with Crippen molar-refractivity contribution in [3.8, 4) is 11.6 Å². The topological polar surface area (TPSA) is 87.4 Å². The van der Waals surface area contributed by atoms with Gasteiger partial charge in [-0.3, -0.25) is 9.69 Å². The van der Waals surface area contributed by atoms with Gasteiger partial charge in [-0.1, -0.05) is 0 Å². The molecule has 142 valence electrons. The van der Waals surface area contributed by atoms with Crippen molar-refractivity contribution in [1.82, 2.24) is 19.7 Å². The quantitative estimate of drug-likeness (QED) is 0.749. The van der Waals surface area contributed by atoms with Crippen LogP contribution in [0.3, 0.4) is 0 Å². The number of nitrogens with zero attached hydrogens (tertiary/aromatic N) is 6. The summed E-state index contributed by atoms with van der Waals surface area (Å²) >= 11 is 0. The molecule has 1 N–H and O–H groups in total. The summed E-state index contributed by atoms with van der Waals surface area (Å²) in [7, 11) is 0. The van der Waals surface area contributed by atoms with Gasteiger partial charge in [-0.2, -0.15) is 5.10 Å². The maximum atomic E-state index is 13.4. The maximum absolute atomic E-state index is 13.4. The Morgan fingerprint density at radius 3 is 2.79 bits per heavy atom. The molecule has 9 heteroatoms. The lowest BCUT2D eigenvalue weighted by Gasteiger charge is -2.17. The highest BCUT2D eigenvalue weighted by Crippen LogP contribution is 2.32. The molecule has 0 saturated carbocycles. The first-order chi connectivity index (χ1) is 13.6. The predicted molar refractivity (Wildman–Crippen MR) is 99.5 cm³/mol. The van der Waals surface area contributed by atoms with E-state index in [1.165, 1.54) is 11.1 Å². The molecule has 2 aliphatic heterocycles. The van der Waals surface area contributed by atoms with Gasteiger partial charge in [0.15, 0.2) is 0 Å². The van der Waals surface area contributed by atoms with Crippen LogP contribution in [0.15, 0.2) is 42.9 Å². The van der Waals surface area contributed by atoms with Crippen LogP contribution in [0.4, 0.5) is 15.9 Å². The summed E-state index contributed by atoms with van der Waals surface area (Å²) in [4.78, 5) is 24.3. The molecule has 5 rings (SSSR count). The average Bonchev–Trinajstić information content (AvgIpc) is 3.39. The van der Waals surface area contributed by atoms with Gasteiger partial charge in [-0.25, -0.2) is 19.0 Å². The lowest BCUT2D eigenvalue weighted by molar-refractivity contribution is 0.0995. The number of halogens is 1. The van der Waals surface area contributed by atoms with E-state index < -0.39 is 6.17 Å². The van der Waals surface area contributed by atoms with Crippen LogP contribution in [-0.2, 0) is 6.54 Å². The Morgan fingerprint density at radius 1 is 1.21 bits per heavy atom. The second kappa shape index (κ2) is 6.29. The van der Waals surface area contributed by atoms with E-state index in [9.17, 15) is 14.3 Å². The first kappa shape index (κ1) is 16.7. The molecule has 0 bridgehead atoms. The number of hydrogen-bond donors (Lipinski definition) is 1. The van der Waals surface area contributed by atoms with Crippen molar-refractivity contribution in [2.24, 2.45) is 0 Å². The van der Waals surface area contributed by atoms with E-state index in [2.05, 4.69) is 15.1 Å². The normalized spacial score (nSPS) is 18.8. The van der Waals surface area contributed by atoms with E-state index in [0.717, 1.165) is 11.5 Å². The first-order valence-corrected chi connectivity index (χ1v) is 9.00. The van der Waals surface area contributed by atoms with E-state index >= 15 is 0 Å². The van der Waals surface area contributed by atoms with Crippen LogP contribution in [-0.4, -0.2) is 50.0 Å². The highest BCUT2D eigenvalue weighted by molar-refractivity contribution is 6.10. The molecular weight excluding hydrogens is 363 g/mol. The Kier molecular flexibility index (Phi) is 3.75. The molecule has 0 spiro atoms. The fourth-order valence-corrected chi connectivity index (χ4v) is 3.62. The number of carbonyl (C=O) groups excluding carboxylic acids is 1. The number of fused-ring (bicyclic) bond motifs is 1. The van der Waals surface area contributed by atoms with Crippen molar-refractivity contribution in [2.75, 3.05) is 22.9 Å². The number of aromatic nitrogens is 4. The molecular formula is C19H17FN6O2. The zero-order chi connectivity index (χ0) is 19.3. The number of rotatable bonds is 3. The number of anilines is 2. The molecule has 1 fully saturated rings. The van der Waals surface area contributed by atoms with Crippen LogP contribution in [0.1, 0.15) is 22.5 Å². The highest BCUT2D eigenvalue weighted by atomic mass is 19.1. The molecule has 0 aromatic carbocycles. The number of pyridine rings is 2. The van der Waals surface area contributed by atoms with Gasteiger partial charge in [0.05, 0.1) is 36.2 Å². The summed E-state index contributed by atoms with van der Waals surface area (Å²) in [5.41, 5.74) is 2.18. The van der Waals surface area contributed by atoms with Crippen molar-refractivity contribution in [3.63, 3.8) is 0 Å². The molecule has 0 radical (unpaired) electrons. The van der Waals surface area contributed by atoms with Gasteiger partial charge in [-0.05, 0) is 30.7 Å². The summed E-state index contributed by atoms with van der Waals surface area (Å²) < 4.78 is 15.0. The number of aromatic hydroxyl groups is 1. The van der Waals surface area contributed by atoms with Gasteiger partial charge in [0.1, 0.15) is 17.7 Å². The molecule has 2 aliphatic rings. The molecule has 0 unspecified atom stereocenters. The maximum Gasteiger partial charge on any atom is 0.262 e. The fourth-order valence-electron chi connectivity index (χ4n) is 3.62. The second-order valence-electron chi connectivity index (χ2n) is 6.88. The van der Waals surface area contributed by atoms with Crippen LogP contribution in [0.25, 0.3) is 5.69 Å². The van der Waals surface area contributed by atoms with Crippen LogP contribution in [0.5, 0.6) is 5.88 Å². The lowest BCUT2D eigenvalue weighted by atomic mass is 10.3. The SMILES string of the molecule is O=C1c2cn(-c3ccc(N4CC[C@H](F)C4)nc3)nc2CN1c1cccnc1O. The van der Waals surface area contributed by atoms with Crippen molar-refractivity contribution in [2.45, 2.75) is 19.1 Å². The monoisotopic (exact) mass is 380 g/mol. The fraction of sp³-hybridized carbons (Fsp3) is 0.263. The third-order valence-electron chi connectivity index (χ3n) is 5.08. The van der Waals surface area contributed by atoms with E-state index in [0.29, 0.717) is 36.5 Å². The minimum atomic E-state index is -0.802. The average molecular weight is 380 g/mol. The molecule has 0 aliphatic carbocycles. The highest BCUT2D eigenvalue weighted by Gasteiger charge is 2.33. The van der Waals surface area contributed by atoms with Crippen molar-refractivity contribution < 1.29 is 14.3 Å². The number of alkyl halides is 1. The standard InChI is InChI=1S/C19H17FN6O2/c20-12-5-7-24(9-12)17-4-3-13(8-22-17)26-10-14-15(23-26)11-25(19(14)28)16-2-1-6-21-18(16)27/h1-4,6,8,10,12H,5,7,9,11H2,(H,21,27)/t12-/m0/s1. The molecule has 1 amide bonds. The van der Waals surface area contributed by atoms with Gasteiger partial charge in [0.2, 0.25) is 5.88 Å². The van der Waals surface area contributed by atoms with Gasteiger partial charge < -0.3 is 10.0 Å². The summed E-state index contributed by atoms with van der Waals surface area (Å²) in [6, 6.07) is 6.99. The van der Waals surface area contributed by atoms with E-state index in [4.69, 9.17) is 0 Å². The largest absolute Gasteiger partial charge is 0.492 e. The number of carbonyl (C=O) groups is 1. The minimum absolute atomic E-state index is 0.189. The van der Waals surface area contributed by atoms with Crippen molar-refractivity contribution >= 4 is 17.4 Å². The van der Waals surface area contributed by atoms with Crippen molar-refractivity contribution in [3.05, 3.63) is 54.1 Å². The molecule has 8 nitrogen and oxygen atoms in total. The third-order valence-corrected chi connectivity index (χ3v) is 5.08. The van der Waals surface area contributed by atoms with Gasteiger partial charge in [0.25, 0.3) is 5.91 Å². The summed E-state index contributed by atoms with van der Waals surface area (Å²) in [6.45, 7) is 1.29. The Bertz CT molecular complexity index is 1050. The van der Waals surface area contributed by atoms with E-state index in [-0.39, 0.29) is 18.3 Å². The van der Waals surface area contributed by atoms with Crippen LogP contribution >= 0.6 is 0 Å². The predicted octanol–water partition coefficient (Wildman–Crippen LogP) is 2.08. The third kappa shape index (κ3) is 2.67. The summed E-state index contributed by atoms with van der Waals surface area (Å²) in [5.74, 6) is 0.309. The zero-order valence-electron chi connectivity index (χ0n) is 14.9. The number of hydrogen-bond acceptors (Lipinski definition) is 6. The Morgan fingerprint density at radius 2 is 2.11 bits per heavy atom. The molecule has 28 heavy (non-hydrogen) atoms. The molecule has 3 aromatic rings. The van der Waals surface area contributed by atoms with E-state index in [1.807, 2.05) is 17.0 Å². The minimum Gasteiger partial charge on any atom is -0.492 e. The summed E-state index contributed by atoms with van der Waals surface area (Å²) in [6.07, 6.45) is 4.52. The summed E-state index contributed by atoms with van der Waals surface area (Å²) in [5, 5.41) is 14.4. The lowest BCUT2D eigenvalue weighted by Crippen LogP contribution is -2.24. The van der Waals surface area contributed by atoms with Gasteiger partial charge in [-0.15, -0.1) is 0 Å². The Balaban J connectivity index is 1.38. The van der Waals surface area contributed by atoms with Gasteiger partial charge >= 0.3 is 0 Å². The zero-order valence-corrected chi connectivity index (χ0v) is 14.9. The Hall–Kier alpha value is -3.49. The molecule has 5 heterocycles. The van der Waals surface area contributed by atoms with E-state index in [1.54, 1.807) is 29.2 Å². The van der Waals surface area contributed by atoms with Crippen LogP contribution in [0, 0.1) is 0 Å². The Labute approximate surface area is 159 Å². The second-order valence-corrected chi connectivity index (χ2v) is 6.88. The van der Waals surface area contributed by atoms with Crippen molar-refractivity contribution in [1.29, 1.82) is 0 Å². The van der Waals surface area contributed by atoms with Crippen LogP contribution < -0.4 is 9.80 Å². The van der Waals surface area contributed by atoms with Crippen LogP contribution in [0.2, 0.25) is 0 Å². The van der Waals surface area contributed by atoms with Gasteiger partial charge in [0, 0.05) is 18.9 Å².